The minimum absolute atomic E-state index is 0. The molecule has 0 aliphatic heterocycles. The normalized spacial score (nSPS) is 11.6. The van der Waals surface area contributed by atoms with Gasteiger partial charge >= 0.3 is 0 Å². The summed E-state index contributed by atoms with van der Waals surface area (Å²) in [7, 11) is 0. The molecule has 0 bridgehead atoms. The Morgan fingerprint density at radius 2 is 1.76 bits per heavy atom. The number of rotatable bonds is 7. The molecule has 0 spiro atoms. The SMILES string of the molecule is CCNC(=NCc1ccc(-n2cncn2)cc1)NCC(C)(C)c1ccccc1.I. The lowest BCUT2D eigenvalue weighted by Crippen LogP contribution is -2.43. The number of nitrogens with zero attached hydrogens (tertiary/aromatic N) is 4. The van der Waals surface area contributed by atoms with E-state index in [1.807, 2.05) is 18.2 Å². The van der Waals surface area contributed by atoms with Crippen LogP contribution in [0.4, 0.5) is 0 Å². The number of hydrogen-bond donors (Lipinski definition) is 2. The Labute approximate surface area is 189 Å². The van der Waals surface area contributed by atoms with Gasteiger partial charge in [0.05, 0.1) is 12.2 Å². The highest BCUT2D eigenvalue weighted by molar-refractivity contribution is 14.0. The summed E-state index contributed by atoms with van der Waals surface area (Å²) < 4.78 is 1.74. The number of aromatic nitrogens is 3. The van der Waals surface area contributed by atoms with E-state index in [1.54, 1.807) is 11.0 Å². The van der Waals surface area contributed by atoms with E-state index < -0.39 is 0 Å². The third-order valence-electron chi connectivity index (χ3n) is 4.64. The zero-order chi connectivity index (χ0) is 19.8. The predicted molar refractivity (Wildman–Crippen MR) is 129 cm³/mol. The standard InChI is InChI=1S/C22H28N6.HI/c1-4-24-21(26-15-22(2,3)19-8-6-5-7-9-19)25-14-18-10-12-20(13-11-18)28-17-23-16-27-28;/h5-13,16-17H,4,14-15H2,1-3H3,(H2,24,25,26);1H. The van der Waals surface area contributed by atoms with Crippen LogP contribution in [-0.2, 0) is 12.0 Å². The second kappa shape index (κ2) is 10.9. The number of halogens is 1. The summed E-state index contributed by atoms with van der Waals surface area (Å²) in [6.07, 6.45) is 3.22. The molecule has 0 radical (unpaired) electrons. The van der Waals surface area contributed by atoms with Crippen molar-refractivity contribution in [2.24, 2.45) is 4.99 Å². The molecule has 0 amide bonds. The van der Waals surface area contributed by atoms with E-state index in [9.17, 15) is 0 Å². The molecule has 1 aromatic heterocycles. The van der Waals surface area contributed by atoms with Gasteiger partial charge in [0.15, 0.2) is 5.96 Å². The number of aliphatic imine (C=N–C) groups is 1. The lowest BCUT2D eigenvalue weighted by atomic mass is 9.85. The molecule has 3 rings (SSSR count). The maximum Gasteiger partial charge on any atom is 0.191 e. The Balaban J connectivity index is 0.00000300. The second-order valence-corrected chi connectivity index (χ2v) is 7.31. The van der Waals surface area contributed by atoms with Gasteiger partial charge in [-0.05, 0) is 30.2 Å². The van der Waals surface area contributed by atoms with Crippen LogP contribution >= 0.6 is 24.0 Å². The largest absolute Gasteiger partial charge is 0.357 e. The summed E-state index contributed by atoms with van der Waals surface area (Å²) >= 11 is 0. The monoisotopic (exact) mass is 504 g/mol. The van der Waals surface area contributed by atoms with Crippen LogP contribution in [0, 0.1) is 0 Å². The third-order valence-corrected chi connectivity index (χ3v) is 4.64. The summed E-state index contributed by atoms with van der Waals surface area (Å²) in [4.78, 5) is 8.71. The molecule has 3 aromatic rings. The summed E-state index contributed by atoms with van der Waals surface area (Å²) in [5.74, 6) is 0.826. The molecule has 2 N–H and O–H groups in total. The van der Waals surface area contributed by atoms with Crippen molar-refractivity contribution in [3.05, 3.63) is 78.4 Å². The van der Waals surface area contributed by atoms with E-state index in [2.05, 4.69) is 77.9 Å². The molecule has 154 valence electrons. The zero-order valence-corrected chi connectivity index (χ0v) is 19.5. The first-order valence-electron chi connectivity index (χ1n) is 9.60. The minimum atomic E-state index is 0. The summed E-state index contributed by atoms with van der Waals surface area (Å²) in [6.45, 7) is 8.78. The van der Waals surface area contributed by atoms with Crippen LogP contribution in [0.25, 0.3) is 5.69 Å². The van der Waals surface area contributed by atoms with Crippen LogP contribution in [0.15, 0.2) is 72.2 Å². The predicted octanol–water partition coefficient (Wildman–Crippen LogP) is 3.92. The first kappa shape index (κ1) is 22.9. The fourth-order valence-electron chi connectivity index (χ4n) is 2.90. The van der Waals surface area contributed by atoms with Crippen molar-refractivity contribution < 1.29 is 0 Å². The van der Waals surface area contributed by atoms with Gasteiger partial charge in [0.2, 0.25) is 0 Å². The molecule has 0 unspecified atom stereocenters. The Hall–Kier alpha value is -2.42. The van der Waals surface area contributed by atoms with Crippen molar-refractivity contribution in [3.8, 4) is 5.69 Å². The molecular weight excluding hydrogens is 475 g/mol. The maximum atomic E-state index is 4.73. The smallest absolute Gasteiger partial charge is 0.191 e. The molecule has 0 atom stereocenters. The van der Waals surface area contributed by atoms with Crippen molar-refractivity contribution >= 4 is 29.9 Å². The molecule has 1 heterocycles. The lowest BCUT2D eigenvalue weighted by molar-refractivity contribution is 0.508. The topological polar surface area (TPSA) is 67.1 Å². The molecule has 0 aliphatic rings. The molecular formula is C22H29IN6. The van der Waals surface area contributed by atoms with Gasteiger partial charge in [0, 0.05) is 18.5 Å². The fraction of sp³-hybridized carbons (Fsp3) is 0.318. The highest BCUT2D eigenvalue weighted by atomic mass is 127. The van der Waals surface area contributed by atoms with E-state index in [0.717, 1.165) is 30.3 Å². The fourth-order valence-corrected chi connectivity index (χ4v) is 2.90. The molecule has 7 heteroatoms. The van der Waals surface area contributed by atoms with Crippen molar-refractivity contribution in [2.75, 3.05) is 13.1 Å². The van der Waals surface area contributed by atoms with Gasteiger partial charge in [-0.15, -0.1) is 24.0 Å². The Morgan fingerprint density at radius 3 is 2.38 bits per heavy atom. The molecule has 0 saturated carbocycles. The van der Waals surface area contributed by atoms with Crippen LogP contribution in [0.2, 0.25) is 0 Å². The van der Waals surface area contributed by atoms with Crippen LogP contribution in [0.5, 0.6) is 0 Å². The maximum absolute atomic E-state index is 4.73. The Kier molecular flexibility index (Phi) is 8.63. The first-order valence-corrected chi connectivity index (χ1v) is 9.60. The zero-order valence-electron chi connectivity index (χ0n) is 17.2. The van der Waals surface area contributed by atoms with Crippen LogP contribution < -0.4 is 10.6 Å². The van der Waals surface area contributed by atoms with E-state index >= 15 is 0 Å². The van der Waals surface area contributed by atoms with E-state index in [4.69, 9.17) is 4.99 Å². The number of nitrogens with one attached hydrogen (secondary N) is 2. The van der Waals surface area contributed by atoms with Gasteiger partial charge in [-0.1, -0.05) is 56.3 Å². The van der Waals surface area contributed by atoms with Crippen molar-refractivity contribution in [1.29, 1.82) is 0 Å². The lowest BCUT2D eigenvalue weighted by Gasteiger charge is -2.26. The van der Waals surface area contributed by atoms with Crippen molar-refractivity contribution in [3.63, 3.8) is 0 Å². The molecule has 29 heavy (non-hydrogen) atoms. The average Bonchev–Trinajstić information content (AvgIpc) is 3.26. The second-order valence-electron chi connectivity index (χ2n) is 7.31. The molecule has 0 saturated heterocycles. The van der Waals surface area contributed by atoms with Gasteiger partial charge in [-0.25, -0.2) is 14.7 Å². The minimum Gasteiger partial charge on any atom is -0.357 e. The molecule has 2 aromatic carbocycles. The molecule has 6 nitrogen and oxygen atoms in total. The first-order chi connectivity index (χ1) is 13.6. The Bertz CT molecular complexity index is 873. The van der Waals surface area contributed by atoms with Crippen LogP contribution in [-0.4, -0.2) is 33.8 Å². The highest BCUT2D eigenvalue weighted by Crippen LogP contribution is 2.21. The summed E-state index contributed by atoms with van der Waals surface area (Å²) in [5.41, 5.74) is 3.45. The highest BCUT2D eigenvalue weighted by Gasteiger charge is 2.20. The van der Waals surface area contributed by atoms with E-state index in [1.165, 1.54) is 11.9 Å². The summed E-state index contributed by atoms with van der Waals surface area (Å²) in [5, 5.41) is 11.0. The quantitative estimate of drug-likeness (QED) is 0.291. The Morgan fingerprint density at radius 1 is 1.03 bits per heavy atom. The van der Waals surface area contributed by atoms with Gasteiger partial charge < -0.3 is 10.6 Å². The number of guanidine groups is 1. The van der Waals surface area contributed by atoms with E-state index in [0.29, 0.717) is 6.54 Å². The average molecular weight is 504 g/mol. The van der Waals surface area contributed by atoms with Gasteiger partial charge in [-0.2, -0.15) is 5.10 Å². The van der Waals surface area contributed by atoms with E-state index in [-0.39, 0.29) is 29.4 Å². The van der Waals surface area contributed by atoms with Gasteiger partial charge in [0.25, 0.3) is 0 Å². The van der Waals surface area contributed by atoms with Crippen molar-refractivity contribution in [1.82, 2.24) is 25.4 Å². The number of benzene rings is 2. The summed E-state index contributed by atoms with van der Waals surface area (Å²) in [6, 6.07) is 18.7. The van der Waals surface area contributed by atoms with Gasteiger partial charge in [-0.3, -0.25) is 0 Å². The van der Waals surface area contributed by atoms with Crippen LogP contribution in [0.1, 0.15) is 31.9 Å². The van der Waals surface area contributed by atoms with Crippen molar-refractivity contribution in [2.45, 2.75) is 32.7 Å². The molecule has 0 fully saturated rings. The molecule has 0 aliphatic carbocycles. The van der Waals surface area contributed by atoms with Gasteiger partial charge in [0.1, 0.15) is 12.7 Å². The number of hydrogen-bond acceptors (Lipinski definition) is 3. The third kappa shape index (κ3) is 6.56. The van der Waals surface area contributed by atoms with Crippen LogP contribution in [0.3, 0.4) is 0 Å².